The molecule has 4 aliphatic rings. The number of hydrogen-bond acceptors (Lipinski definition) is 12. The van der Waals surface area contributed by atoms with Crippen molar-refractivity contribution >= 4 is 23.0 Å². The van der Waals surface area contributed by atoms with E-state index < -0.39 is 72.8 Å². The lowest BCUT2D eigenvalue weighted by atomic mass is 9.84. The zero-order valence-electron chi connectivity index (χ0n) is 15.8. The van der Waals surface area contributed by atoms with Crippen LogP contribution in [0.2, 0.25) is 0 Å². The van der Waals surface area contributed by atoms with E-state index in [9.17, 15) is 30.0 Å². The van der Waals surface area contributed by atoms with Gasteiger partial charge in [0, 0.05) is 5.92 Å². The number of ether oxygens (including phenoxy) is 5. The van der Waals surface area contributed by atoms with E-state index in [-0.39, 0.29) is 6.61 Å². The molecule has 0 aromatic heterocycles. The highest BCUT2D eigenvalue weighted by molar-refractivity contribution is 8.12. The summed E-state index contributed by atoms with van der Waals surface area (Å²) in [6.45, 7) is -0.674. The molecule has 2 fully saturated rings. The van der Waals surface area contributed by atoms with Crippen molar-refractivity contribution in [2.24, 2.45) is 11.8 Å². The van der Waals surface area contributed by atoms with E-state index in [4.69, 9.17) is 23.7 Å². The lowest BCUT2D eigenvalue weighted by Gasteiger charge is -2.42. The fraction of sp³-hybridized carbons (Fsp3) is 0.667. The summed E-state index contributed by atoms with van der Waals surface area (Å²) in [6.07, 6.45) is -4.47. The Morgan fingerprint density at radius 2 is 1.93 bits per heavy atom. The Morgan fingerprint density at radius 1 is 1.17 bits per heavy atom. The third kappa shape index (κ3) is 3.62. The Hall–Kier alpha value is -1.67. The van der Waals surface area contributed by atoms with Crippen LogP contribution in [0.15, 0.2) is 23.5 Å². The molecular formula is C18H22O11S. The minimum atomic E-state index is -1.61. The second-order valence-corrected chi connectivity index (χ2v) is 8.06. The number of aliphatic hydroxyl groups excluding tert-OH is 4. The number of esters is 1. The molecule has 30 heavy (non-hydrogen) atoms. The summed E-state index contributed by atoms with van der Waals surface area (Å²) in [6, 6.07) is 0. The average molecular weight is 446 g/mol. The number of thioether (sulfide) groups is 1. The van der Waals surface area contributed by atoms with Crippen LogP contribution in [0.4, 0.5) is 4.79 Å². The van der Waals surface area contributed by atoms with Crippen LogP contribution in [0, 0.1) is 11.8 Å². The first-order chi connectivity index (χ1) is 14.3. The fourth-order valence-corrected chi connectivity index (χ4v) is 4.31. The molecule has 3 aliphatic heterocycles. The average Bonchev–Trinajstić information content (AvgIpc) is 3.26. The van der Waals surface area contributed by atoms with Crippen molar-refractivity contribution in [2.75, 3.05) is 19.5 Å². The quantitative estimate of drug-likeness (QED) is 0.290. The van der Waals surface area contributed by atoms with E-state index in [1.165, 1.54) is 6.26 Å². The molecule has 3 heterocycles. The van der Waals surface area contributed by atoms with Crippen molar-refractivity contribution < 1.29 is 53.7 Å². The van der Waals surface area contributed by atoms with E-state index >= 15 is 0 Å². The predicted octanol–water partition coefficient (Wildman–Crippen LogP) is -1.36. The second-order valence-electron chi connectivity index (χ2n) is 7.32. The molecule has 11 nitrogen and oxygen atoms in total. The van der Waals surface area contributed by atoms with Gasteiger partial charge in [-0.15, -0.1) is 0 Å². The molecule has 166 valence electrons. The molecule has 12 heteroatoms. The van der Waals surface area contributed by atoms with Crippen LogP contribution in [-0.4, -0.2) is 94.3 Å². The lowest BCUT2D eigenvalue weighted by molar-refractivity contribution is -0.339. The van der Waals surface area contributed by atoms with Gasteiger partial charge in [0.2, 0.25) is 6.29 Å². The van der Waals surface area contributed by atoms with Crippen LogP contribution < -0.4 is 0 Å². The van der Waals surface area contributed by atoms with E-state index in [0.29, 0.717) is 11.1 Å². The SMILES string of the molecule is CSC(=O)OCC1=C[C@H]2OC(=O)C3=CO[C@@H](O[C@@H]4O[C@H](CO)[C@@H](O)[C@H](O)[C@H]4O)[C@H]1[C@@H]32. The molecule has 4 rings (SSSR count). The fourth-order valence-electron chi connectivity index (χ4n) is 4.14. The Morgan fingerprint density at radius 3 is 2.63 bits per heavy atom. The van der Waals surface area contributed by atoms with Crippen molar-refractivity contribution in [1.82, 2.24) is 0 Å². The molecule has 0 bridgehead atoms. The van der Waals surface area contributed by atoms with Crippen LogP contribution in [0.25, 0.3) is 0 Å². The number of aliphatic hydroxyl groups is 4. The monoisotopic (exact) mass is 446 g/mol. The molecule has 0 unspecified atom stereocenters. The van der Waals surface area contributed by atoms with Gasteiger partial charge in [0.05, 0.1) is 24.4 Å². The van der Waals surface area contributed by atoms with Gasteiger partial charge in [0.1, 0.15) is 37.1 Å². The normalized spacial score (nSPS) is 42.0. The van der Waals surface area contributed by atoms with Gasteiger partial charge in [-0.25, -0.2) is 9.59 Å². The van der Waals surface area contributed by atoms with Crippen molar-refractivity contribution in [2.45, 2.75) is 43.1 Å². The Balaban J connectivity index is 1.54. The summed E-state index contributed by atoms with van der Waals surface area (Å²) < 4.78 is 27.2. The van der Waals surface area contributed by atoms with Gasteiger partial charge in [-0.1, -0.05) is 0 Å². The van der Waals surface area contributed by atoms with E-state index in [2.05, 4.69) is 0 Å². The minimum absolute atomic E-state index is 0.0694. The number of hydrogen-bond donors (Lipinski definition) is 4. The molecule has 0 amide bonds. The summed E-state index contributed by atoms with van der Waals surface area (Å²) in [5.74, 6) is -1.52. The molecule has 9 atom stereocenters. The van der Waals surface area contributed by atoms with Gasteiger partial charge in [0.15, 0.2) is 6.29 Å². The van der Waals surface area contributed by atoms with Crippen LogP contribution in [0.5, 0.6) is 0 Å². The highest BCUT2D eigenvalue weighted by Gasteiger charge is 2.56. The van der Waals surface area contributed by atoms with Crippen LogP contribution in [0.3, 0.4) is 0 Å². The number of rotatable bonds is 5. The van der Waals surface area contributed by atoms with Crippen molar-refractivity contribution in [1.29, 1.82) is 0 Å². The smallest absolute Gasteiger partial charge is 0.367 e. The highest BCUT2D eigenvalue weighted by atomic mass is 32.2. The first kappa shape index (κ1) is 21.6. The zero-order chi connectivity index (χ0) is 21.6. The van der Waals surface area contributed by atoms with Gasteiger partial charge in [-0.3, -0.25) is 0 Å². The standard InChI is InChI=1S/C18H22O11S/c1-30-18(24)26-4-6-2-8-11-7(15(23)27-8)5-25-16(10(6)11)29-17-14(22)13(21)12(20)9(3-19)28-17/h2,5,8-14,16-17,19-22H,3-4H2,1H3/t8-,9-,10-,11+,12-,13+,14-,16+,17+/m1/s1. The van der Waals surface area contributed by atoms with Crippen LogP contribution in [-0.2, 0) is 28.5 Å². The Labute approximate surface area is 175 Å². The maximum Gasteiger partial charge on any atom is 0.367 e. The van der Waals surface area contributed by atoms with E-state index in [0.717, 1.165) is 11.8 Å². The Kier molecular flexibility index (Phi) is 6.08. The summed E-state index contributed by atoms with van der Waals surface area (Å²) in [7, 11) is 0. The van der Waals surface area contributed by atoms with Gasteiger partial charge >= 0.3 is 11.3 Å². The third-order valence-corrected chi connectivity index (χ3v) is 6.10. The van der Waals surface area contributed by atoms with Gasteiger partial charge in [-0.2, -0.15) is 0 Å². The maximum absolute atomic E-state index is 12.0. The molecule has 0 aromatic carbocycles. The van der Waals surface area contributed by atoms with E-state index in [1.807, 2.05) is 0 Å². The van der Waals surface area contributed by atoms with Crippen molar-refractivity contribution in [3.05, 3.63) is 23.5 Å². The highest BCUT2D eigenvalue weighted by Crippen LogP contribution is 2.49. The van der Waals surface area contributed by atoms with Gasteiger partial charge in [0.25, 0.3) is 0 Å². The molecule has 0 radical (unpaired) electrons. The summed E-state index contributed by atoms with van der Waals surface area (Å²) in [5, 5.41) is 39.0. The molecule has 0 saturated carbocycles. The second kappa shape index (κ2) is 8.46. The summed E-state index contributed by atoms with van der Waals surface area (Å²) in [4.78, 5) is 23.6. The van der Waals surface area contributed by atoms with Crippen LogP contribution in [0.1, 0.15) is 0 Å². The van der Waals surface area contributed by atoms with Crippen molar-refractivity contribution in [3.63, 3.8) is 0 Å². The van der Waals surface area contributed by atoms with Gasteiger partial charge in [-0.05, 0) is 29.7 Å². The zero-order valence-corrected chi connectivity index (χ0v) is 16.6. The lowest BCUT2D eigenvalue weighted by Crippen LogP contribution is -2.60. The minimum Gasteiger partial charge on any atom is -0.471 e. The third-order valence-electron chi connectivity index (χ3n) is 5.65. The molecule has 4 N–H and O–H groups in total. The molecular weight excluding hydrogens is 424 g/mol. The predicted molar refractivity (Wildman–Crippen MR) is 97.6 cm³/mol. The topological polar surface area (TPSA) is 161 Å². The first-order valence-corrected chi connectivity index (χ1v) is 10.5. The van der Waals surface area contributed by atoms with Crippen molar-refractivity contribution in [3.8, 4) is 0 Å². The molecule has 1 aliphatic carbocycles. The molecule has 0 aromatic rings. The maximum atomic E-state index is 12.0. The van der Waals surface area contributed by atoms with Gasteiger partial charge < -0.3 is 44.1 Å². The first-order valence-electron chi connectivity index (χ1n) is 9.29. The van der Waals surface area contributed by atoms with Crippen LogP contribution >= 0.6 is 11.8 Å². The largest absolute Gasteiger partial charge is 0.471 e. The molecule has 2 saturated heterocycles. The number of carbonyl (C=O) groups is 2. The van der Waals surface area contributed by atoms with E-state index in [1.54, 1.807) is 12.3 Å². The molecule has 0 spiro atoms. The summed E-state index contributed by atoms with van der Waals surface area (Å²) in [5.41, 5.74) is 0.932. The summed E-state index contributed by atoms with van der Waals surface area (Å²) >= 11 is 0.910. The number of carbonyl (C=O) groups excluding carboxylic acids is 2. The Bertz CT molecular complexity index is 765.